The average Bonchev–Trinajstić information content (AvgIpc) is 3.23. The summed E-state index contributed by atoms with van der Waals surface area (Å²) >= 11 is 0. The predicted octanol–water partition coefficient (Wildman–Crippen LogP) is 1.21. The molecule has 2 amide bonds. The molecule has 3 heterocycles. The van der Waals surface area contributed by atoms with Crippen molar-refractivity contribution in [1.82, 2.24) is 34.8 Å². The zero-order valence-electron chi connectivity index (χ0n) is 13.8. The lowest BCUT2D eigenvalue weighted by molar-refractivity contribution is 0.243. The SMILES string of the molecule is Cn1cnc(-c2cccc(NC(=O)N[C@H]3CCc4ncnn4C3)c2)n1. The summed E-state index contributed by atoms with van der Waals surface area (Å²) in [5, 5.41) is 14.3. The molecule has 128 valence electrons. The van der Waals surface area contributed by atoms with Crippen LogP contribution in [0.4, 0.5) is 10.5 Å². The minimum Gasteiger partial charge on any atom is -0.333 e. The van der Waals surface area contributed by atoms with Gasteiger partial charge in [-0.3, -0.25) is 4.68 Å². The lowest BCUT2D eigenvalue weighted by Gasteiger charge is -2.23. The van der Waals surface area contributed by atoms with Gasteiger partial charge in [0.25, 0.3) is 0 Å². The number of aromatic nitrogens is 6. The number of carbonyl (C=O) groups excluding carboxylic acids is 1. The number of amides is 2. The van der Waals surface area contributed by atoms with Crippen LogP contribution in [-0.4, -0.2) is 41.6 Å². The highest BCUT2D eigenvalue weighted by Crippen LogP contribution is 2.19. The largest absolute Gasteiger partial charge is 0.333 e. The summed E-state index contributed by atoms with van der Waals surface area (Å²) in [5.41, 5.74) is 1.54. The first-order valence-electron chi connectivity index (χ1n) is 8.07. The Morgan fingerprint density at radius 1 is 1.32 bits per heavy atom. The lowest BCUT2D eigenvalue weighted by atomic mass is 10.1. The Morgan fingerprint density at radius 2 is 2.24 bits per heavy atom. The van der Waals surface area contributed by atoms with Crippen molar-refractivity contribution in [2.75, 3.05) is 5.32 Å². The van der Waals surface area contributed by atoms with E-state index in [1.807, 2.05) is 36.0 Å². The van der Waals surface area contributed by atoms with Crippen molar-refractivity contribution in [3.8, 4) is 11.4 Å². The second-order valence-electron chi connectivity index (χ2n) is 6.02. The molecule has 0 unspecified atom stereocenters. The molecule has 9 heteroatoms. The summed E-state index contributed by atoms with van der Waals surface area (Å²) in [6.07, 6.45) is 4.86. The minimum absolute atomic E-state index is 0.0369. The third-order valence-electron chi connectivity index (χ3n) is 4.12. The van der Waals surface area contributed by atoms with E-state index in [0.717, 1.165) is 24.2 Å². The molecule has 0 radical (unpaired) electrons. The number of nitrogens with zero attached hydrogens (tertiary/aromatic N) is 6. The molecule has 0 bridgehead atoms. The second-order valence-corrected chi connectivity index (χ2v) is 6.02. The summed E-state index contributed by atoms with van der Waals surface area (Å²) in [6.45, 7) is 0.640. The van der Waals surface area contributed by atoms with Gasteiger partial charge in [-0.15, -0.1) is 0 Å². The Labute approximate surface area is 144 Å². The molecule has 1 aliphatic heterocycles. The molecule has 9 nitrogen and oxygen atoms in total. The highest BCUT2D eigenvalue weighted by Gasteiger charge is 2.21. The van der Waals surface area contributed by atoms with Crippen LogP contribution in [0, 0.1) is 0 Å². The van der Waals surface area contributed by atoms with Crippen molar-refractivity contribution >= 4 is 11.7 Å². The van der Waals surface area contributed by atoms with E-state index in [0.29, 0.717) is 18.1 Å². The third kappa shape index (κ3) is 3.35. The van der Waals surface area contributed by atoms with Gasteiger partial charge in [-0.25, -0.2) is 19.4 Å². The number of benzene rings is 1. The van der Waals surface area contributed by atoms with Crippen LogP contribution in [0.5, 0.6) is 0 Å². The maximum atomic E-state index is 12.3. The molecule has 4 rings (SSSR count). The maximum Gasteiger partial charge on any atom is 0.319 e. The number of fused-ring (bicyclic) bond motifs is 1. The Morgan fingerprint density at radius 3 is 3.08 bits per heavy atom. The van der Waals surface area contributed by atoms with Gasteiger partial charge in [0.15, 0.2) is 5.82 Å². The van der Waals surface area contributed by atoms with Crippen LogP contribution in [0.15, 0.2) is 36.9 Å². The van der Waals surface area contributed by atoms with Crippen LogP contribution in [0.3, 0.4) is 0 Å². The number of rotatable bonds is 3. The van der Waals surface area contributed by atoms with Gasteiger partial charge in [-0.2, -0.15) is 10.2 Å². The molecule has 0 spiro atoms. The zero-order chi connectivity index (χ0) is 17.2. The van der Waals surface area contributed by atoms with Crippen LogP contribution >= 0.6 is 0 Å². The van der Waals surface area contributed by atoms with E-state index in [1.165, 1.54) is 0 Å². The standard InChI is InChI=1S/C16H18N8O/c1-23-10-18-15(22-23)11-3-2-4-12(7-11)20-16(25)21-13-5-6-14-17-9-19-24(14)8-13/h2-4,7,9-10,13H,5-6,8H2,1H3,(H2,20,21,25)/t13-/m0/s1. The number of urea groups is 1. The quantitative estimate of drug-likeness (QED) is 0.747. The smallest absolute Gasteiger partial charge is 0.319 e. The summed E-state index contributed by atoms with van der Waals surface area (Å²) < 4.78 is 3.48. The van der Waals surface area contributed by atoms with Crippen molar-refractivity contribution in [1.29, 1.82) is 0 Å². The second kappa shape index (κ2) is 6.34. The van der Waals surface area contributed by atoms with Gasteiger partial charge in [0, 0.05) is 24.7 Å². The molecule has 1 aromatic carbocycles. The van der Waals surface area contributed by atoms with Gasteiger partial charge >= 0.3 is 6.03 Å². The molecular formula is C16H18N8O. The number of nitrogens with one attached hydrogen (secondary N) is 2. The topological polar surface area (TPSA) is 103 Å². The molecule has 25 heavy (non-hydrogen) atoms. The zero-order valence-corrected chi connectivity index (χ0v) is 13.8. The molecule has 2 aromatic heterocycles. The third-order valence-corrected chi connectivity index (χ3v) is 4.12. The fourth-order valence-corrected chi connectivity index (χ4v) is 2.92. The van der Waals surface area contributed by atoms with Crippen LogP contribution in [0.2, 0.25) is 0 Å². The van der Waals surface area contributed by atoms with Crippen molar-refractivity contribution in [3.05, 3.63) is 42.7 Å². The van der Waals surface area contributed by atoms with E-state index >= 15 is 0 Å². The Bertz CT molecular complexity index is 899. The van der Waals surface area contributed by atoms with Crippen molar-refractivity contribution in [3.63, 3.8) is 0 Å². The van der Waals surface area contributed by atoms with Crippen molar-refractivity contribution < 1.29 is 4.79 Å². The van der Waals surface area contributed by atoms with E-state index in [9.17, 15) is 4.79 Å². The molecule has 0 saturated heterocycles. The highest BCUT2D eigenvalue weighted by atomic mass is 16.2. The molecular weight excluding hydrogens is 320 g/mol. The van der Waals surface area contributed by atoms with E-state index in [-0.39, 0.29) is 12.1 Å². The number of hydrogen-bond donors (Lipinski definition) is 2. The Hall–Kier alpha value is -3.23. The number of anilines is 1. The average molecular weight is 338 g/mol. The van der Waals surface area contributed by atoms with Gasteiger partial charge in [0.2, 0.25) is 0 Å². The molecule has 1 atom stereocenters. The first kappa shape index (κ1) is 15.3. The Balaban J connectivity index is 1.40. The van der Waals surface area contributed by atoms with Crippen LogP contribution in [0.25, 0.3) is 11.4 Å². The molecule has 1 aliphatic rings. The number of aryl methyl sites for hydroxylation is 2. The summed E-state index contributed by atoms with van der Waals surface area (Å²) in [5.74, 6) is 1.59. The van der Waals surface area contributed by atoms with Crippen molar-refractivity contribution in [2.24, 2.45) is 7.05 Å². The predicted molar refractivity (Wildman–Crippen MR) is 90.7 cm³/mol. The number of carbonyl (C=O) groups is 1. The Kier molecular flexibility index (Phi) is 3.88. The van der Waals surface area contributed by atoms with Crippen LogP contribution in [0.1, 0.15) is 12.2 Å². The van der Waals surface area contributed by atoms with E-state index in [2.05, 4.69) is 30.8 Å². The molecule has 3 aromatic rings. The van der Waals surface area contributed by atoms with Gasteiger partial charge in [-0.05, 0) is 18.6 Å². The molecule has 0 saturated carbocycles. The summed E-state index contributed by atoms with van der Waals surface area (Å²) in [7, 11) is 1.82. The summed E-state index contributed by atoms with van der Waals surface area (Å²) in [4.78, 5) is 20.7. The normalized spacial score (nSPS) is 16.3. The van der Waals surface area contributed by atoms with Crippen LogP contribution in [-0.2, 0) is 20.0 Å². The van der Waals surface area contributed by atoms with E-state index in [1.54, 1.807) is 17.3 Å². The molecule has 2 N–H and O–H groups in total. The lowest BCUT2D eigenvalue weighted by Crippen LogP contribution is -2.43. The fraction of sp³-hybridized carbons (Fsp3) is 0.312. The van der Waals surface area contributed by atoms with Gasteiger partial charge in [0.1, 0.15) is 18.5 Å². The minimum atomic E-state index is -0.236. The highest BCUT2D eigenvalue weighted by molar-refractivity contribution is 5.90. The molecule has 0 fully saturated rings. The van der Waals surface area contributed by atoms with Gasteiger partial charge in [0.05, 0.1) is 12.6 Å². The van der Waals surface area contributed by atoms with Gasteiger partial charge < -0.3 is 10.6 Å². The fourth-order valence-electron chi connectivity index (χ4n) is 2.92. The molecule has 0 aliphatic carbocycles. The van der Waals surface area contributed by atoms with Crippen LogP contribution < -0.4 is 10.6 Å². The first-order chi connectivity index (χ1) is 12.2. The monoisotopic (exact) mass is 338 g/mol. The van der Waals surface area contributed by atoms with Gasteiger partial charge in [-0.1, -0.05) is 12.1 Å². The maximum absolute atomic E-state index is 12.3. The van der Waals surface area contributed by atoms with E-state index < -0.39 is 0 Å². The summed E-state index contributed by atoms with van der Waals surface area (Å²) in [6, 6.07) is 7.26. The van der Waals surface area contributed by atoms with Crippen molar-refractivity contribution in [2.45, 2.75) is 25.4 Å². The van der Waals surface area contributed by atoms with E-state index in [4.69, 9.17) is 0 Å². The first-order valence-corrected chi connectivity index (χ1v) is 8.07. The number of hydrogen-bond acceptors (Lipinski definition) is 5.